The molecule has 0 atom stereocenters. The van der Waals surface area contributed by atoms with Gasteiger partial charge in [-0.3, -0.25) is 4.79 Å². The molecule has 2 rings (SSSR count). The van der Waals surface area contributed by atoms with E-state index < -0.39 is 5.60 Å². The molecule has 0 bridgehead atoms. The summed E-state index contributed by atoms with van der Waals surface area (Å²) in [6, 6.07) is 8.23. The first kappa shape index (κ1) is 18.0. The Labute approximate surface area is 139 Å². The Bertz CT molecular complexity index is 503. The lowest BCUT2D eigenvalue weighted by Crippen LogP contribution is -2.44. The Kier molecular flexibility index (Phi) is 6.19. The summed E-state index contributed by atoms with van der Waals surface area (Å²) in [6.45, 7) is 7.57. The Balaban J connectivity index is 1.80. The smallest absolute Gasteiger partial charge is 0.251 e. The van der Waals surface area contributed by atoms with Crippen molar-refractivity contribution in [2.75, 3.05) is 6.54 Å². The maximum absolute atomic E-state index is 11.7. The molecule has 1 saturated carbocycles. The molecular weight excluding hydrogens is 288 g/mol. The third kappa shape index (κ3) is 4.79. The van der Waals surface area contributed by atoms with Gasteiger partial charge in [0.15, 0.2) is 0 Å². The molecular formula is C19H30N2O2. The van der Waals surface area contributed by atoms with Gasteiger partial charge in [-0.05, 0) is 56.2 Å². The van der Waals surface area contributed by atoms with Crippen molar-refractivity contribution in [1.82, 2.24) is 10.6 Å². The number of carbonyl (C=O) groups excluding carboxylic acids is 1. The Morgan fingerprint density at radius 1 is 1.26 bits per heavy atom. The van der Waals surface area contributed by atoms with Crippen LogP contribution in [-0.4, -0.2) is 29.2 Å². The van der Waals surface area contributed by atoms with E-state index in [1.54, 1.807) is 0 Å². The van der Waals surface area contributed by atoms with Gasteiger partial charge in [0, 0.05) is 24.7 Å². The van der Waals surface area contributed by atoms with E-state index in [0.717, 1.165) is 32.2 Å². The molecule has 1 fully saturated rings. The van der Waals surface area contributed by atoms with Gasteiger partial charge in [0.1, 0.15) is 0 Å². The second-order valence-electron chi connectivity index (χ2n) is 6.97. The van der Waals surface area contributed by atoms with Gasteiger partial charge in [-0.25, -0.2) is 0 Å². The van der Waals surface area contributed by atoms with Crippen LogP contribution in [0.15, 0.2) is 24.3 Å². The van der Waals surface area contributed by atoms with E-state index in [9.17, 15) is 9.90 Å². The summed E-state index contributed by atoms with van der Waals surface area (Å²) in [7, 11) is 0. The molecule has 4 nitrogen and oxygen atoms in total. The fourth-order valence-corrected chi connectivity index (χ4v) is 3.20. The normalized spacial score (nSPS) is 24.7. The molecule has 0 unspecified atom stereocenters. The number of nitrogens with one attached hydrogen (secondary N) is 2. The molecule has 1 aliphatic carbocycles. The number of hydrogen-bond donors (Lipinski definition) is 3. The van der Waals surface area contributed by atoms with Gasteiger partial charge >= 0.3 is 0 Å². The number of amides is 1. The van der Waals surface area contributed by atoms with Crippen LogP contribution >= 0.6 is 0 Å². The quantitative estimate of drug-likeness (QED) is 0.756. The van der Waals surface area contributed by atoms with Gasteiger partial charge < -0.3 is 15.7 Å². The van der Waals surface area contributed by atoms with Crippen LogP contribution in [0.1, 0.15) is 62.4 Å². The lowest BCUT2D eigenvalue weighted by molar-refractivity contribution is -0.0430. The lowest BCUT2D eigenvalue weighted by atomic mass is 9.75. The highest BCUT2D eigenvalue weighted by molar-refractivity contribution is 5.94. The summed E-state index contributed by atoms with van der Waals surface area (Å²) >= 11 is 0. The molecule has 3 N–H and O–H groups in total. The Morgan fingerprint density at radius 2 is 1.87 bits per heavy atom. The summed E-state index contributed by atoms with van der Waals surface area (Å²) in [4.78, 5) is 11.7. The highest BCUT2D eigenvalue weighted by Gasteiger charge is 2.35. The number of aliphatic hydroxyl groups is 1. The highest BCUT2D eigenvalue weighted by atomic mass is 16.3. The molecule has 0 aliphatic heterocycles. The predicted molar refractivity (Wildman–Crippen MR) is 93.3 cm³/mol. The zero-order valence-electron chi connectivity index (χ0n) is 14.6. The van der Waals surface area contributed by atoms with Crippen LogP contribution in [-0.2, 0) is 6.54 Å². The summed E-state index contributed by atoms with van der Waals surface area (Å²) in [5.74, 6) is 0.303. The molecule has 23 heavy (non-hydrogen) atoms. The standard InChI is InChI=1S/C19H30N2O2/c1-4-20-18(22)16-7-5-15(6-8-16)13-21-17-9-11-19(23,12-10-17)14(2)3/h5-8,14,17,21,23H,4,9-13H2,1-3H3,(H,20,22). The molecule has 128 valence electrons. The van der Waals surface area contributed by atoms with E-state index in [1.807, 2.05) is 31.2 Å². The zero-order chi connectivity index (χ0) is 16.9. The maximum Gasteiger partial charge on any atom is 0.251 e. The second kappa shape index (κ2) is 7.93. The molecule has 0 heterocycles. The van der Waals surface area contributed by atoms with Crippen LogP contribution in [0.3, 0.4) is 0 Å². The largest absolute Gasteiger partial charge is 0.390 e. The van der Waals surface area contributed by atoms with Crippen LogP contribution in [0.25, 0.3) is 0 Å². The topological polar surface area (TPSA) is 61.4 Å². The van der Waals surface area contributed by atoms with E-state index in [-0.39, 0.29) is 5.91 Å². The fraction of sp³-hybridized carbons (Fsp3) is 0.632. The molecule has 1 aromatic rings. The molecule has 1 aromatic carbocycles. The minimum absolute atomic E-state index is 0.0211. The minimum atomic E-state index is -0.480. The van der Waals surface area contributed by atoms with E-state index in [4.69, 9.17) is 0 Å². The summed E-state index contributed by atoms with van der Waals surface area (Å²) in [6.07, 6.45) is 3.79. The van der Waals surface area contributed by atoms with Crippen LogP contribution in [0.2, 0.25) is 0 Å². The van der Waals surface area contributed by atoms with Crippen LogP contribution in [0.4, 0.5) is 0 Å². The van der Waals surface area contributed by atoms with Gasteiger partial charge in [0.25, 0.3) is 5.91 Å². The SMILES string of the molecule is CCNC(=O)c1ccc(CNC2CCC(O)(C(C)C)CC2)cc1. The molecule has 1 aliphatic rings. The average Bonchev–Trinajstić information content (AvgIpc) is 2.55. The van der Waals surface area contributed by atoms with Crippen molar-refractivity contribution in [2.24, 2.45) is 5.92 Å². The van der Waals surface area contributed by atoms with Crippen molar-refractivity contribution >= 4 is 5.91 Å². The number of hydrogen-bond acceptors (Lipinski definition) is 3. The van der Waals surface area contributed by atoms with Gasteiger partial charge in [-0.1, -0.05) is 26.0 Å². The van der Waals surface area contributed by atoms with E-state index in [2.05, 4.69) is 24.5 Å². The summed E-state index contributed by atoms with van der Waals surface area (Å²) in [5, 5.41) is 16.9. The zero-order valence-corrected chi connectivity index (χ0v) is 14.6. The fourth-order valence-electron chi connectivity index (χ4n) is 3.20. The monoisotopic (exact) mass is 318 g/mol. The second-order valence-corrected chi connectivity index (χ2v) is 6.97. The Morgan fingerprint density at radius 3 is 2.39 bits per heavy atom. The minimum Gasteiger partial charge on any atom is -0.390 e. The van der Waals surface area contributed by atoms with Crippen LogP contribution < -0.4 is 10.6 Å². The summed E-state index contributed by atoms with van der Waals surface area (Å²) < 4.78 is 0. The van der Waals surface area contributed by atoms with Gasteiger partial charge in [-0.15, -0.1) is 0 Å². The molecule has 4 heteroatoms. The molecule has 0 saturated heterocycles. The molecule has 0 aromatic heterocycles. The first-order chi connectivity index (χ1) is 10.9. The van der Waals surface area contributed by atoms with Crippen molar-refractivity contribution in [1.29, 1.82) is 0 Å². The number of carbonyl (C=O) groups is 1. The van der Waals surface area contributed by atoms with E-state index in [1.165, 1.54) is 5.56 Å². The molecule has 0 radical (unpaired) electrons. The van der Waals surface area contributed by atoms with Gasteiger partial charge in [0.2, 0.25) is 0 Å². The molecule has 1 amide bonds. The third-order valence-electron chi connectivity index (χ3n) is 5.07. The van der Waals surface area contributed by atoms with Crippen molar-refractivity contribution in [3.05, 3.63) is 35.4 Å². The lowest BCUT2D eigenvalue weighted by Gasteiger charge is -2.39. The highest BCUT2D eigenvalue weighted by Crippen LogP contribution is 2.34. The van der Waals surface area contributed by atoms with Gasteiger partial charge in [-0.2, -0.15) is 0 Å². The van der Waals surface area contributed by atoms with E-state index >= 15 is 0 Å². The van der Waals surface area contributed by atoms with Crippen molar-refractivity contribution < 1.29 is 9.90 Å². The molecule has 0 spiro atoms. The average molecular weight is 318 g/mol. The summed E-state index contributed by atoms with van der Waals surface area (Å²) in [5.41, 5.74) is 1.41. The van der Waals surface area contributed by atoms with E-state index in [0.29, 0.717) is 24.1 Å². The number of rotatable bonds is 6. The Hall–Kier alpha value is -1.39. The first-order valence-corrected chi connectivity index (χ1v) is 8.77. The van der Waals surface area contributed by atoms with Crippen LogP contribution in [0, 0.1) is 5.92 Å². The van der Waals surface area contributed by atoms with Crippen molar-refractivity contribution in [3.63, 3.8) is 0 Å². The number of benzene rings is 1. The third-order valence-corrected chi connectivity index (χ3v) is 5.07. The predicted octanol–water partition coefficient (Wildman–Crippen LogP) is 2.86. The van der Waals surface area contributed by atoms with Crippen molar-refractivity contribution in [2.45, 2.75) is 64.6 Å². The first-order valence-electron chi connectivity index (χ1n) is 8.77. The van der Waals surface area contributed by atoms with Crippen molar-refractivity contribution in [3.8, 4) is 0 Å². The van der Waals surface area contributed by atoms with Crippen LogP contribution in [0.5, 0.6) is 0 Å². The van der Waals surface area contributed by atoms with Gasteiger partial charge in [0.05, 0.1) is 5.60 Å². The maximum atomic E-state index is 11.7.